The molecule has 2 nitrogen and oxygen atoms in total. The number of hydrogen-bond acceptors (Lipinski definition) is 2. The van der Waals surface area contributed by atoms with Crippen molar-refractivity contribution in [1.29, 1.82) is 0 Å². The number of fused-ring (bicyclic) bond motifs is 4. The van der Waals surface area contributed by atoms with Gasteiger partial charge in [0.05, 0.1) is 7.11 Å². The van der Waals surface area contributed by atoms with Crippen LogP contribution < -0.4 is 4.74 Å². The Bertz CT molecular complexity index is 658. The first-order valence-electron chi connectivity index (χ1n) is 8.25. The number of hydrogen-bond donors (Lipinski definition) is 0. The molecule has 23 heavy (non-hydrogen) atoms. The van der Waals surface area contributed by atoms with E-state index >= 15 is 0 Å². The second-order valence-corrected chi connectivity index (χ2v) is 6.75. The summed E-state index contributed by atoms with van der Waals surface area (Å²) in [5, 5.41) is 0. The molecule has 0 amide bonds. The number of piperidine rings is 1. The van der Waals surface area contributed by atoms with E-state index in [-0.39, 0.29) is 12.4 Å². The van der Waals surface area contributed by atoms with Gasteiger partial charge in [0.25, 0.3) is 0 Å². The molecule has 2 aromatic carbocycles. The molecule has 0 saturated carbocycles. The zero-order valence-corrected chi connectivity index (χ0v) is 14.4. The third kappa shape index (κ3) is 3.39. The van der Waals surface area contributed by atoms with Crippen LogP contribution in [-0.4, -0.2) is 25.1 Å². The molecule has 1 fully saturated rings. The van der Waals surface area contributed by atoms with Crippen LogP contribution in [-0.2, 0) is 13.0 Å². The van der Waals surface area contributed by atoms with E-state index < -0.39 is 0 Å². The summed E-state index contributed by atoms with van der Waals surface area (Å²) >= 11 is 0. The Kier molecular flexibility index (Phi) is 4.93. The molecule has 2 unspecified atom stereocenters. The van der Waals surface area contributed by atoms with Gasteiger partial charge in [-0.3, -0.25) is 4.90 Å². The zero-order valence-electron chi connectivity index (χ0n) is 13.6. The van der Waals surface area contributed by atoms with Gasteiger partial charge in [-0.05, 0) is 53.5 Å². The Hall–Kier alpha value is -1.51. The minimum absolute atomic E-state index is 0. The average molecular weight is 330 g/mol. The van der Waals surface area contributed by atoms with Crippen molar-refractivity contribution in [2.45, 2.75) is 25.3 Å². The third-order valence-electron chi connectivity index (χ3n) is 5.16. The molecule has 1 aliphatic carbocycles. The van der Waals surface area contributed by atoms with E-state index in [2.05, 4.69) is 53.4 Å². The molecule has 1 saturated heterocycles. The van der Waals surface area contributed by atoms with Crippen LogP contribution in [0, 0.1) is 5.92 Å². The Morgan fingerprint density at radius 1 is 1.09 bits per heavy atom. The van der Waals surface area contributed by atoms with Crippen molar-refractivity contribution >= 4 is 12.4 Å². The highest BCUT2D eigenvalue weighted by molar-refractivity contribution is 5.85. The van der Waals surface area contributed by atoms with Gasteiger partial charge in [0, 0.05) is 19.6 Å². The summed E-state index contributed by atoms with van der Waals surface area (Å²) < 4.78 is 5.43. The van der Waals surface area contributed by atoms with Crippen LogP contribution in [0.2, 0.25) is 0 Å². The van der Waals surface area contributed by atoms with Crippen LogP contribution in [0.4, 0.5) is 0 Å². The van der Waals surface area contributed by atoms with E-state index in [1.54, 1.807) is 12.7 Å². The smallest absolute Gasteiger partial charge is 0.119 e. The van der Waals surface area contributed by atoms with Crippen LogP contribution in [0.15, 0.2) is 48.5 Å². The normalized spacial score (nSPS) is 22.8. The maximum atomic E-state index is 5.43. The minimum Gasteiger partial charge on any atom is -0.497 e. The zero-order chi connectivity index (χ0) is 14.9. The summed E-state index contributed by atoms with van der Waals surface area (Å²) in [6.45, 7) is 3.48. The molecular formula is C20H24ClNO. The Morgan fingerprint density at radius 3 is 2.70 bits per heavy atom. The second kappa shape index (κ2) is 6.94. The van der Waals surface area contributed by atoms with E-state index in [9.17, 15) is 0 Å². The van der Waals surface area contributed by atoms with Crippen LogP contribution >= 0.6 is 12.4 Å². The maximum Gasteiger partial charge on any atom is 0.119 e. The molecule has 0 N–H and O–H groups in total. The molecule has 122 valence electrons. The van der Waals surface area contributed by atoms with E-state index in [4.69, 9.17) is 4.74 Å². The summed E-state index contributed by atoms with van der Waals surface area (Å²) in [6.07, 6.45) is 2.56. The molecule has 2 aliphatic rings. The van der Waals surface area contributed by atoms with Crippen molar-refractivity contribution in [3.63, 3.8) is 0 Å². The highest BCUT2D eigenvalue weighted by Crippen LogP contribution is 2.40. The first-order chi connectivity index (χ1) is 10.8. The van der Waals surface area contributed by atoms with Gasteiger partial charge in [0.1, 0.15) is 5.75 Å². The highest BCUT2D eigenvalue weighted by Gasteiger charge is 2.34. The molecule has 0 radical (unpaired) electrons. The summed E-state index contributed by atoms with van der Waals surface area (Å²) in [5.41, 5.74) is 4.49. The largest absolute Gasteiger partial charge is 0.497 e. The maximum absolute atomic E-state index is 5.43. The fraction of sp³-hybridized carbons (Fsp3) is 0.400. The van der Waals surface area contributed by atoms with Gasteiger partial charge in [-0.15, -0.1) is 12.4 Å². The minimum atomic E-state index is 0. The van der Waals surface area contributed by atoms with Crippen molar-refractivity contribution in [3.05, 3.63) is 65.2 Å². The number of methoxy groups -OCH3 is 1. The fourth-order valence-corrected chi connectivity index (χ4v) is 4.22. The number of rotatable bonds is 3. The first-order valence-corrected chi connectivity index (χ1v) is 8.25. The lowest BCUT2D eigenvalue weighted by molar-refractivity contribution is 0.138. The quantitative estimate of drug-likeness (QED) is 0.833. The van der Waals surface area contributed by atoms with Gasteiger partial charge in [0.2, 0.25) is 0 Å². The Labute approximate surface area is 144 Å². The Morgan fingerprint density at radius 2 is 1.91 bits per heavy atom. The van der Waals surface area contributed by atoms with Crippen molar-refractivity contribution in [2.24, 2.45) is 5.92 Å². The van der Waals surface area contributed by atoms with Crippen molar-refractivity contribution in [3.8, 4) is 5.75 Å². The number of benzene rings is 2. The molecule has 1 aliphatic heterocycles. The molecule has 1 heterocycles. The molecule has 2 aromatic rings. The second-order valence-electron chi connectivity index (χ2n) is 6.75. The van der Waals surface area contributed by atoms with Gasteiger partial charge >= 0.3 is 0 Å². The predicted molar refractivity (Wildman–Crippen MR) is 96.5 cm³/mol. The van der Waals surface area contributed by atoms with Crippen LogP contribution in [0.25, 0.3) is 0 Å². The topological polar surface area (TPSA) is 12.5 Å². The van der Waals surface area contributed by atoms with Crippen LogP contribution in [0.3, 0.4) is 0 Å². The monoisotopic (exact) mass is 329 g/mol. The molecular weight excluding hydrogens is 306 g/mol. The summed E-state index contributed by atoms with van der Waals surface area (Å²) in [5.74, 6) is 2.47. The summed E-state index contributed by atoms with van der Waals surface area (Å²) in [6, 6.07) is 17.5. The van der Waals surface area contributed by atoms with Crippen LogP contribution in [0.5, 0.6) is 5.75 Å². The average Bonchev–Trinajstić information content (AvgIpc) is 2.55. The van der Waals surface area contributed by atoms with Gasteiger partial charge < -0.3 is 4.74 Å². The van der Waals surface area contributed by atoms with Gasteiger partial charge in [-0.2, -0.15) is 0 Å². The van der Waals surface area contributed by atoms with Crippen LogP contribution in [0.1, 0.15) is 29.0 Å². The number of likely N-dealkylation sites (tertiary alicyclic amines) is 1. The van der Waals surface area contributed by atoms with Crippen molar-refractivity contribution < 1.29 is 4.74 Å². The standard InChI is InChI=1S/C20H23NO.ClH/c1-22-19-8-7-17-9-16-10-18(20(17)11-19)14-21(13-16)12-15-5-3-2-4-6-15;/h2-8,11,16,18H,9-10,12-14H2,1H3;1H. The van der Waals surface area contributed by atoms with E-state index in [1.807, 2.05) is 0 Å². The summed E-state index contributed by atoms with van der Waals surface area (Å²) in [4.78, 5) is 2.64. The molecule has 4 rings (SSSR count). The SMILES string of the molecule is COc1ccc2c(c1)C1CC(C2)CN(Cc2ccccc2)C1.Cl. The van der Waals surface area contributed by atoms with E-state index in [0.717, 1.165) is 18.2 Å². The highest BCUT2D eigenvalue weighted by atomic mass is 35.5. The molecule has 0 spiro atoms. The predicted octanol–water partition coefficient (Wildman–Crippen LogP) is 4.28. The van der Waals surface area contributed by atoms with E-state index in [1.165, 1.54) is 37.1 Å². The van der Waals surface area contributed by atoms with E-state index in [0.29, 0.717) is 5.92 Å². The first kappa shape index (κ1) is 16.4. The van der Waals surface area contributed by atoms with Gasteiger partial charge in [-0.1, -0.05) is 36.4 Å². The Balaban J connectivity index is 0.00000156. The lowest BCUT2D eigenvalue weighted by Gasteiger charge is -2.42. The molecule has 3 heteroatoms. The summed E-state index contributed by atoms with van der Waals surface area (Å²) in [7, 11) is 1.76. The number of ether oxygens (including phenoxy) is 1. The lowest BCUT2D eigenvalue weighted by Crippen LogP contribution is -2.42. The van der Waals surface area contributed by atoms with Gasteiger partial charge in [-0.25, -0.2) is 0 Å². The fourth-order valence-electron chi connectivity index (χ4n) is 4.22. The number of halogens is 1. The molecule has 2 atom stereocenters. The van der Waals surface area contributed by atoms with Gasteiger partial charge in [0.15, 0.2) is 0 Å². The molecule has 2 bridgehead atoms. The lowest BCUT2D eigenvalue weighted by atomic mass is 9.74. The van der Waals surface area contributed by atoms with Crippen molar-refractivity contribution in [1.82, 2.24) is 4.90 Å². The third-order valence-corrected chi connectivity index (χ3v) is 5.16. The number of nitrogens with zero attached hydrogens (tertiary/aromatic N) is 1. The van der Waals surface area contributed by atoms with Crippen molar-refractivity contribution in [2.75, 3.05) is 20.2 Å². The molecule has 0 aromatic heterocycles.